The van der Waals surface area contributed by atoms with E-state index < -0.39 is 0 Å². The zero-order chi connectivity index (χ0) is 17.8. The van der Waals surface area contributed by atoms with E-state index in [1.165, 1.54) is 12.8 Å². The predicted molar refractivity (Wildman–Crippen MR) is 94.0 cm³/mol. The topological polar surface area (TPSA) is 87.5 Å². The molecule has 1 saturated heterocycles. The van der Waals surface area contributed by atoms with Crippen LogP contribution in [0.15, 0.2) is 10.6 Å². The van der Waals surface area contributed by atoms with Crippen LogP contribution in [-0.2, 0) is 9.59 Å². The largest absolute Gasteiger partial charge is 0.360 e. The summed E-state index contributed by atoms with van der Waals surface area (Å²) in [7, 11) is 0. The third-order valence-corrected chi connectivity index (χ3v) is 5.41. The first-order valence-corrected chi connectivity index (χ1v) is 9.31. The fourth-order valence-electron chi connectivity index (χ4n) is 3.76. The van der Waals surface area contributed by atoms with Crippen LogP contribution in [0.5, 0.6) is 0 Å². The van der Waals surface area contributed by atoms with Crippen molar-refractivity contribution < 1.29 is 14.1 Å². The molecular formula is C18H28N4O3. The van der Waals surface area contributed by atoms with Crippen LogP contribution in [0.3, 0.4) is 0 Å². The Balaban J connectivity index is 1.44. The van der Waals surface area contributed by atoms with Gasteiger partial charge in [0, 0.05) is 18.0 Å². The number of likely N-dealkylation sites (tertiary alicyclic amines) is 1. The van der Waals surface area contributed by atoms with Crippen molar-refractivity contribution in [2.45, 2.75) is 64.5 Å². The third kappa shape index (κ3) is 4.60. The maximum atomic E-state index is 12.4. The minimum absolute atomic E-state index is 0.0176. The summed E-state index contributed by atoms with van der Waals surface area (Å²) in [5, 5.41) is 9.77. The minimum Gasteiger partial charge on any atom is -0.360 e. The average molecular weight is 348 g/mol. The highest BCUT2D eigenvalue weighted by Crippen LogP contribution is 2.22. The van der Waals surface area contributed by atoms with Crippen LogP contribution in [0.2, 0.25) is 0 Å². The summed E-state index contributed by atoms with van der Waals surface area (Å²) in [6, 6.07) is 1.93. The van der Waals surface area contributed by atoms with Crippen molar-refractivity contribution in [2.75, 3.05) is 18.4 Å². The number of rotatable bonds is 5. The van der Waals surface area contributed by atoms with Crippen molar-refractivity contribution >= 4 is 17.6 Å². The highest BCUT2D eigenvalue weighted by Gasteiger charge is 2.31. The van der Waals surface area contributed by atoms with Crippen LogP contribution in [0.4, 0.5) is 5.82 Å². The molecule has 138 valence electrons. The Labute approximate surface area is 148 Å². The lowest BCUT2D eigenvalue weighted by molar-refractivity contribution is -0.127. The summed E-state index contributed by atoms with van der Waals surface area (Å²) >= 11 is 0. The third-order valence-electron chi connectivity index (χ3n) is 5.41. The van der Waals surface area contributed by atoms with E-state index in [1.807, 2.05) is 6.92 Å². The molecule has 0 aromatic carbocycles. The molecule has 0 unspecified atom stereocenters. The second kappa shape index (κ2) is 7.99. The molecular weight excluding hydrogens is 320 g/mol. The van der Waals surface area contributed by atoms with Crippen molar-refractivity contribution in [3.8, 4) is 0 Å². The van der Waals surface area contributed by atoms with Crippen LogP contribution in [0.25, 0.3) is 0 Å². The number of anilines is 1. The number of amides is 2. The summed E-state index contributed by atoms with van der Waals surface area (Å²) in [4.78, 5) is 26.9. The SMILES string of the molecule is Cc1cc(NC(=O)C2CCN([C@@H](C)C(=O)NC3CCCC3)CC2)no1. The molecule has 0 radical (unpaired) electrons. The van der Waals surface area contributed by atoms with Gasteiger partial charge in [0.25, 0.3) is 0 Å². The Bertz CT molecular complexity index is 601. The molecule has 2 aliphatic rings. The molecule has 0 bridgehead atoms. The number of aromatic nitrogens is 1. The van der Waals surface area contributed by atoms with E-state index in [-0.39, 0.29) is 23.8 Å². The summed E-state index contributed by atoms with van der Waals surface area (Å²) in [6.07, 6.45) is 6.13. The zero-order valence-electron chi connectivity index (χ0n) is 15.1. The van der Waals surface area contributed by atoms with Crippen molar-refractivity contribution in [1.29, 1.82) is 0 Å². The van der Waals surface area contributed by atoms with E-state index in [0.29, 0.717) is 17.6 Å². The van der Waals surface area contributed by atoms with Gasteiger partial charge in [0.05, 0.1) is 6.04 Å². The van der Waals surface area contributed by atoms with E-state index >= 15 is 0 Å². The van der Waals surface area contributed by atoms with Crippen LogP contribution < -0.4 is 10.6 Å². The number of hydrogen-bond donors (Lipinski definition) is 2. The van der Waals surface area contributed by atoms with E-state index in [2.05, 4.69) is 20.7 Å². The van der Waals surface area contributed by atoms with Crippen molar-refractivity contribution in [3.63, 3.8) is 0 Å². The van der Waals surface area contributed by atoms with Crippen molar-refractivity contribution in [1.82, 2.24) is 15.4 Å². The second-order valence-corrected chi connectivity index (χ2v) is 7.29. The van der Waals surface area contributed by atoms with Crippen LogP contribution in [0, 0.1) is 12.8 Å². The monoisotopic (exact) mass is 348 g/mol. The molecule has 2 fully saturated rings. The summed E-state index contributed by atoms with van der Waals surface area (Å²) in [6.45, 7) is 5.27. The Hall–Kier alpha value is -1.89. The molecule has 0 spiro atoms. The molecule has 7 nitrogen and oxygen atoms in total. The minimum atomic E-state index is -0.136. The van der Waals surface area contributed by atoms with Gasteiger partial charge in [-0.25, -0.2) is 0 Å². The number of piperidine rings is 1. The van der Waals surface area contributed by atoms with Gasteiger partial charge in [0.1, 0.15) is 5.76 Å². The molecule has 7 heteroatoms. The quantitative estimate of drug-likeness (QED) is 0.851. The van der Waals surface area contributed by atoms with Gasteiger partial charge in [-0.05, 0) is 52.6 Å². The molecule has 2 N–H and O–H groups in total. The number of carbonyl (C=O) groups is 2. The van der Waals surface area contributed by atoms with Crippen molar-refractivity contribution in [3.05, 3.63) is 11.8 Å². The molecule has 1 atom stereocenters. The lowest BCUT2D eigenvalue weighted by atomic mass is 9.95. The van der Waals surface area contributed by atoms with Gasteiger partial charge < -0.3 is 15.2 Å². The van der Waals surface area contributed by atoms with E-state index in [1.54, 1.807) is 13.0 Å². The van der Waals surface area contributed by atoms with Gasteiger partial charge in [-0.3, -0.25) is 14.5 Å². The molecule has 1 aromatic heterocycles. The lowest BCUT2D eigenvalue weighted by Gasteiger charge is -2.35. The van der Waals surface area contributed by atoms with Gasteiger partial charge in [-0.15, -0.1) is 0 Å². The zero-order valence-corrected chi connectivity index (χ0v) is 15.1. The van der Waals surface area contributed by atoms with E-state index in [0.717, 1.165) is 38.8 Å². The Kier molecular flexibility index (Phi) is 5.73. The first-order chi connectivity index (χ1) is 12.0. The van der Waals surface area contributed by atoms with Crippen LogP contribution in [-0.4, -0.2) is 47.0 Å². The highest BCUT2D eigenvalue weighted by atomic mass is 16.5. The maximum absolute atomic E-state index is 12.4. The normalized spacial score (nSPS) is 21.2. The molecule has 1 aliphatic heterocycles. The fraction of sp³-hybridized carbons (Fsp3) is 0.722. The molecule has 2 amide bonds. The Morgan fingerprint density at radius 3 is 2.52 bits per heavy atom. The number of nitrogens with zero attached hydrogens (tertiary/aromatic N) is 2. The van der Waals surface area contributed by atoms with Crippen LogP contribution >= 0.6 is 0 Å². The van der Waals surface area contributed by atoms with Gasteiger partial charge in [-0.1, -0.05) is 18.0 Å². The van der Waals surface area contributed by atoms with Gasteiger partial charge >= 0.3 is 0 Å². The predicted octanol–water partition coefficient (Wildman–Crippen LogP) is 2.08. The molecule has 1 aromatic rings. The fourth-order valence-corrected chi connectivity index (χ4v) is 3.76. The standard InChI is InChI=1S/C18H28N4O3/c1-12-11-16(21-25-12)20-18(24)14-7-9-22(10-8-14)13(2)17(23)19-15-5-3-4-6-15/h11,13-15H,3-10H2,1-2H3,(H,19,23)(H,20,21,24)/t13-/m0/s1. The molecule has 1 aliphatic carbocycles. The summed E-state index contributed by atoms with van der Waals surface area (Å²) in [5.41, 5.74) is 0. The second-order valence-electron chi connectivity index (χ2n) is 7.29. The molecule has 3 rings (SSSR count). The smallest absolute Gasteiger partial charge is 0.237 e. The lowest BCUT2D eigenvalue weighted by Crippen LogP contribution is -2.50. The molecule has 2 heterocycles. The molecule has 25 heavy (non-hydrogen) atoms. The van der Waals surface area contributed by atoms with Crippen LogP contribution in [0.1, 0.15) is 51.2 Å². The number of hydrogen-bond acceptors (Lipinski definition) is 5. The highest BCUT2D eigenvalue weighted by molar-refractivity contribution is 5.91. The number of aryl methyl sites for hydroxylation is 1. The first-order valence-electron chi connectivity index (χ1n) is 9.31. The molecule has 1 saturated carbocycles. The van der Waals surface area contributed by atoms with Gasteiger partial charge in [0.15, 0.2) is 5.82 Å². The number of carbonyl (C=O) groups excluding carboxylic acids is 2. The summed E-state index contributed by atoms with van der Waals surface area (Å²) < 4.78 is 4.96. The van der Waals surface area contributed by atoms with Crippen molar-refractivity contribution in [2.24, 2.45) is 5.92 Å². The number of nitrogens with one attached hydrogen (secondary N) is 2. The van der Waals surface area contributed by atoms with E-state index in [4.69, 9.17) is 4.52 Å². The Morgan fingerprint density at radius 1 is 1.24 bits per heavy atom. The van der Waals surface area contributed by atoms with Gasteiger partial charge in [0.2, 0.25) is 11.8 Å². The average Bonchev–Trinajstić information content (AvgIpc) is 3.26. The van der Waals surface area contributed by atoms with E-state index in [9.17, 15) is 9.59 Å². The maximum Gasteiger partial charge on any atom is 0.237 e. The van der Waals surface area contributed by atoms with Gasteiger partial charge in [-0.2, -0.15) is 0 Å². The Morgan fingerprint density at radius 2 is 1.92 bits per heavy atom. The first kappa shape index (κ1) is 17.9. The summed E-state index contributed by atoms with van der Waals surface area (Å²) in [5.74, 6) is 1.20.